The van der Waals surface area contributed by atoms with Crippen LogP contribution in [0.4, 0.5) is 0 Å². The van der Waals surface area contributed by atoms with Gasteiger partial charge in [-0.15, -0.1) is 0 Å². The van der Waals surface area contributed by atoms with Crippen molar-refractivity contribution in [3.63, 3.8) is 0 Å². The van der Waals surface area contributed by atoms with Gasteiger partial charge in [-0.2, -0.15) is 0 Å². The molecule has 1 N–H and O–H groups in total. The third-order valence-corrected chi connectivity index (χ3v) is 7.94. The monoisotopic (exact) mass is 423 g/mol. The summed E-state index contributed by atoms with van der Waals surface area (Å²) < 4.78 is 25.1. The first-order chi connectivity index (χ1) is 13.1. The molecule has 9 heteroatoms. The third-order valence-electron chi connectivity index (χ3n) is 5.08. The minimum atomic E-state index is -3.10. The van der Waals surface area contributed by atoms with E-state index in [0.717, 1.165) is 6.42 Å². The molecule has 0 unspecified atom stereocenters. The Kier molecular flexibility index (Phi) is 5.86. The number of hydrogen-bond acceptors (Lipinski definition) is 6. The standard InChI is InChI=1S/C19H25N3O4S2/c1-4-13(2)22-17(24)14-7-5-6-8-15(14)20-18(22)27-11-16(23)21-19(3)9-10-28(25,26)12-19/h5-8,13H,4,9-12H2,1-3H3,(H,21,23)/t13-,19+/m0/s1. The predicted octanol–water partition coefficient (Wildman–Crippen LogP) is 2.15. The van der Waals surface area contributed by atoms with Crippen LogP contribution in [0.15, 0.2) is 34.2 Å². The number of fused-ring (bicyclic) bond motifs is 1. The molecule has 1 amide bonds. The fourth-order valence-electron chi connectivity index (χ4n) is 3.41. The summed E-state index contributed by atoms with van der Waals surface area (Å²) in [7, 11) is -3.10. The molecule has 2 heterocycles. The molecule has 0 saturated carbocycles. The van der Waals surface area contributed by atoms with Gasteiger partial charge in [0, 0.05) is 6.04 Å². The molecular weight excluding hydrogens is 398 g/mol. The molecular formula is C19H25N3O4S2. The van der Waals surface area contributed by atoms with E-state index in [4.69, 9.17) is 0 Å². The topological polar surface area (TPSA) is 98.1 Å². The molecule has 0 spiro atoms. The van der Waals surface area contributed by atoms with Crippen LogP contribution in [-0.2, 0) is 14.6 Å². The summed E-state index contributed by atoms with van der Waals surface area (Å²) in [6.45, 7) is 5.70. The predicted molar refractivity (Wildman–Crippen MR) is 112 cm³/mol. The maximum Gasteiger partial charge on any atom is 0.262 e. The number of hydrogen-bond donors (Lipinski definition) is 1. The first-order valence-electron chi connectivity index (χ1n) is 9.30. The quantitative estimate of drug-likeness (QED) is 0.565. The average Bonchev–Trinajstić information content (AvgIpc) is 2.92. The highest BCUT2D eigenvalue weighted by atomic mass is 32.2. The van der Waals surface area contributed by atoms with E-state index >= 15 is 0 Å². The molecule has 1 fully saturated rings. The summed E-state index contributed by atoms with van der Waals surface area (Å²) in [6, 6.07) is 7.12. The number of amides is 1. The number of aromatic nitrogens is 2. The Labute approximate surface area is 168 Å². The van der Waals surface area contributed by atoms with E-state index in [1.807, 2.05) is 26.0 Å². The highest BCUT2D eigenvalue weighted by Crippen LogP contribution is 2.25. The van der Waals surface area contributed by atoms with Crippen LogP contribution >= 0.6 is 11.8 Å². The number of benzene rings is 1. The molecule has 0 radical (unpaired) electrons. The van der Waals surface area contributed by atoms with Crippen LogP contribution in [0.25, 0.3) is 10.9 Å². The molecule has 3 rings (SSSR count). The molecule has 1 aromatic heterocycles. The van der Waals surface area contributed by atoms with Gasteiger partial charge >= 0.3 is 0 Å². The van der Waals surface area contributed by atoms with E-state index in [-0.39, 0.29) is 34.8 Å². The fraction of sp³-hybridized carbons (Fsp3) is 0.526. The number of para-hydroxylation sites is 1. The molecule has 1 saturated heterocycles. The SMILES string of the molecule is CC[C@H](C)n1c(SCC(=O)N[C@]2(C)CCS(=O)(=O)C2)nc2ccccc2c1=O. The lowest BCUT2D eigenvalue weighted by molar-refractivity contribution is -0.120. The lowest BCUT2D eigenvalue weighted by Gasteiger charge is -2.24. The largest absolute Gasteiger partial charge is 0.349 e. The minimum absolute atomic E-state index is 0.0395. The van der Waals surface area contributed by atoms with Crippen LogP contribution in [0.3, 0.4) is 0 Å². The van der Waals surface area contributed by atoms with E-state index < -0.39 is 15.4 Å². The summed E-state index contributed by atoms with van der Waals surface area (Å²) in [5.74, 6) is -0.141. The highest BCUT2D eigenvalue weighted by Gasteiger charge is 2.39. The normalized spacial score (nSPS) is 22.2. The van der Waals surface area contributed by atoms with Crippen molar-refractivity contribution in [2.45, 2.75) is 50.4 Å². The Morgan fingerprint density at radius 2 is 2.11 bits per heavy atom. The molecule has 1 aliphatic heterocycles. The van der Waals surface area contributed by atoms with Crippen molar-refractivity contribution < 1.29 is 13.2 Å². The average molecular weight is 424 g/mol. The number of carbonyl (C=O) groups is 1. The summed E-state index contributed by atoms with van der Waals surface area (Å²) in [4.78, 5) is 30.0. The first-order valence-corrected chi connectivity index (χ1v) is 12.1. The van der Waals surface area contributed by atoms with Crippen molar-refractivity contribution in [1.29, 1.82) is 0 Å². The second-order valence-corrected chi connectivity index (χ2v) is 10.7. The number of rotatable bonds is 6. The second kappa shape index (κ2) is 7.87. The molecule has 1 aliphatic rings. The Morgan fingerprint density at radius 3 is 2.75 bits per heavy atom. The van der Waals surface area contributed by atoms with E-state index in [0.29, 0.717) is 22.5 Å². The van der Waals surface area contributed by atoms with Crippen LogP contribution in [0.1, 0.15) is 39.7 Å². The summed E-state index contributed by atoms with van der Waals surface area (Å²) in [5.41, 5.74) is -0.246. The molecule has 7 nitrogen and oxygen atoms in total. The van der Waals surface area contributed by atoms with Crippen LogP contribution in [0.2, 0.25) is 0 Å². The summed E-state index contributed by atoms with van der Waals surface area (Å²) in [6.07, 6.45) is 1.17. The lowest BCUT2D eigenvalue weighted by atomic mass is 10.0. The second-order valence-electron chi connectivity index (χ2n) is 7.58. The lowest BCUT2D eigenvalue weighted by Crippen LogP contribution is -2.47. The zero-order valence-corrected chi connectivity index (χ0v) is 17.9. The summed E-state index contributed by atoms with van der Waals surface area (Å²) >= 11 is 1.20. The van der Waals surface area contributed by atoms with Crippen LogP contribution in [0.5, 0.6) is 0 Å². The Hall–Kier alpha value is -1.87. The number of sulfone groups is 1. The van der Waals surface area contributed by atoms with E-state index in [9.17, 15) is 18.0 Å². The van der Waals surface area contributed by atoms with Crippen molar-refractivity contribution in [3.05, 3.63) is 34.6 Å². The van der Waals surface area contributed by atoms with Crippen molar-refractivity contribution in [1.82, 2.24) is 14.9 Å². The molecule has 0 aliphatic carbocycles. The highest BCUT2D eigenvalue weighted by molar-refractivity contribution is 7.99. The molecule has 152 valence electrons. The maximum absolute atomic E-state index is 12.9. The van der Waals surface area contributed by atoms with Crippen molar-refractivity contribution >= 4 is 38.4 Å². The zero-order chi connectivity index (χ0) is 20.5. The zero-order valence-electron chi connectivity index (χ0n) is 16.3. The van der Waals surface area contributed by atoms with Gasteiger partial charge in [-0.25, -0.2) is 13.4 Å². The minimum Gasteiger partial charge on any atom is -0.349 e. The van der Waals surface area contributed by atoms with E-state index in [2.05, 4.69) is 10.3 Å². The fourth-order valence-corrected chi connectivity index (χ4v) is 6.40. The number of nitrogens with zero attached hydrogens (tertiary/aromatic N) is 2. The Balaban J connectivity index is 1.82. The maximum atomic E-state index is 12.9. The number of thioether (sulfide) groups is 1. The van der Waals surface area contributed by atoms with Crippen LogP contribution in [0, 0.1) is 0 Å². The van der Waals surface area contributed by atoms with Gasteiger partial charge in [0.15, 0.2) is 15.0 Å². The van der Waals surface area contributed by atoms with Gasteiger partial charge in [0.25, 0.3) is 5.56 Å². The van der Waals surface area contributed by atoms with Crippen molar-refractivity contribution in [2.75, 3.05) is 17.3 Å². The molecule has 0 bridgehead atoms. The molecule has 1 aromatic carbocycles. The van der Waals surface area contributed by atoms with Gasteiger partial charge in [0.05, 0.1) is 33.7 Å². The Bertz CT molecular complexity index is 1060. The first kappa shape index (κ1) is 20.9. The Morgan fingerprint density at radius 1 is 1.39 bits per heavy atom. The van der Waals surface area contributed by atoms with Crippen LogP contribution in [-0.4, -0.2) is 46.7 Å². The van der Waals surface area contributed by atoms with E-state index in [1.54, 1.807) is 23.6 Å². The number of carbonyl (C=O) groups excluding carboxylic acids is 1. The van der Waals surface area contributed by atoms with Gasteiger partial charge in [0.2, 0.25) is 5.91 Å². The van der Waals surface area contributed by atoms with Gasteiger partial charge < -0.3 is 5.32 Å². The molecule has 2 atom stereocenters. The van der Waals surface area contributed by atoms with Gasteiger partial charge in [-0.1, -0.05) is 30.8 Å². The van der Waals surface area contributed by atoms with Crippen molar-refractivity contribution in [3.8, 4) is 0 Å². The third kappa shape index (κ3) is 4.41. The van der Waals surface area contributed by atoms with Crippen molar-refractivity contribution in [2.24, 2.45) is 0 Å². The van der Waals surface area contributed by atoms with Gasteiger partial charge in [0.1, 0.15) is 0 Å². The molecule has 28 heavy (non-hydrogen) atoms. The summed E-state index contributed by atoms with van der Waals surface area (Å²) in [5, 5.41) is 3.89. The number of nitrogens with one attached hydrogen (secondary N) is 1. The smallest absolute Gasteiger partial charge is 0.262 e. The van der Waals surface area contributed by atoms with Gasteiger partial charge in [-0.3, -0.25) is 14.2 Å². The van der Waals surface area contributed by atoms with E-state index in [1.165, 1.54) is 11.8 Å². The molecule has 2 aromatic rings. The van der Waals surface area contributed by atoms with Gasteiger partial charge in [-0.05, 0) is 38.8 Å². The van der Waals surface area contributed by atoms with Crippen LogP contribution < -0.4 is 10.9 Å².